The first-order valence-electron chi connectivity index (χ1n) is 6.28. The number of aliphatic hydroxyl groups is 1. The molecule has 2 aromatic rings. The van der Waals surface area contributed by atoms with E-state index in [-0.39, 0.29) is 5.56 Å². The maximum absolute atomic E-state index is 13.6. The molecule has 0 amide bonds. The fourth-order valence-corrected chi connectivity index (χ4v) is 2.54. The van der Waals surface area contributed by atoms with Crippen molar-refractivity contribution >= 4 is 5.69 Å². The number of benzene rings is 1. The summed E-state index contributed by atoms with van der Waals surface area (Å²) in [6.45, 7) is 0.985. The molecular formula is C15H15FN2O. The van der Waals surface area contributed by atoms with Gasteiger partial charge in [0.25, 0.3) is 0 Å². The van der Waals surface area contributed by atoms with Crippen LogP contribution in [0.15, 0.2) is 36.7 Å². The van der Waals surface area contributed by atoms with Gasteiger partial charge in [0, 0.05) is 31.0 Å². The molecular weight excluding hydrogens is 243 g/mol. The Bertz CT molecular complexity index is 615. The first kappa shape index (κ1) is 12.1. The molecule has 0 saturated heterocycles. The molecule has 2 heterocycles. The summed E-state index contributed by atoms with van der Waals surface area (Å²) in [6.07, 6.45) is 2.63. The molecule has 0 spiro atoms. The Balaban J connectivity index is 1.97. The van der Waals surface area contributed by atoms with Crippen molar-refractivity contribution in [3.63, 3.8) is 0 Å². The van der Waals surface area contributed by atoms with Crippen LogP contribution in [0.25, 0.3) is 0 Å². The predicted octanol–water partition coefficient (Wildman–Crippen LogP) is 2.29. The average Bonchev–Trinajstić information content (AvgIpc) is 2.80. The predicted molar refractivity (Wildman–Crippen MR) is 71.7 cm³/mol. The van der Waals surface area contributed by atoms with E-state index in [1.165, 1.54) is 23.5 Å². The molecule has 1 atom stereocenters. The molecule has 1 aliphatic rings. The minimum absolute atomic E-state index is 0.265. The van der Waals surface area contributed by atoms with E-state index in [2.05, 4.69) is 9.88 Å². The summed E-state index contributed by atoms with van der Waals surface area (Å²) in [5, 5.41) is 10.3. The summed E-state index contributed by atoms with van der Waals surface area (Å²) in [5.41, 5.74) is 3.38. The zero-order chi connectivity index (χ0) is 13.4. The summed E-state index contributed by atoms with van der Waals surface area (Å²) in [6, 6.07) is 7.31. The summed E-state index contributed by atoms with van der Waals surface area (Å²) in [7, 11) is 2.05. The highest BCUT2D eigenvalue weighted by Crippen LogP contribution is 2.31. The van der Waals surface area contributed by atoms with Crippen molar-refractivity contribution in [3.05, 3.63) is 59.2 Å². The second-order valence-electron chi connectivity index (χ2n) is 4.86. The number of hydrogen-bond donors (Lipinski definition) is 1. The van der Waals surface area contributed by atoms with Gasteiger partial charge in [0.05, 0.1) is 6.20 Å². The van der Waals surface area contributed by atoms with Gasteiger partial charge >= 0.3 is 0 Å². The molecule has 4 heteroatoms. The summed E-state index contributed by atoms with van der Waals surface area (Å²) < 4.78 is 13.6. The molecule has 0 fully saturated rings. The van der Waals surface area contributed by atoms with Gasteiger partial charge in [-0.25, -0.2) is 4.39 Å². The van der Waals surface area contributed by atoms with Crippen LogP contribution >= 0.6 is 0 Å². The molecule has 0 bridgehead atoms. The van der Waals surface area contributed by atoms with Crippen LogP contribution in [0.5, 0.6) is 0 Å². The Morgan fingerprint density at radius 1 is 1.37 bits per heavy atom. The van der Waals surface area contributed by atoms with Crippen molar-refractivity contribution in [1.29, 1.82) is 0 Å². The van der Waals surface area contributed by atoms with Crippen molar-refractivity contribution in [2.24, 2.45) is 0 Å². The normalized spacial score (nSPS) is 15.4. The average molecular weight is 258 g/mol. The van der Waals surface area contributed by atoms with Crippen LogP contribution in [0, 0.1) is 5.82 Å². The lowest BCUT2D eigenvalue weighted by Gasteiger charge is -2.15. The molecule has 0 radical (unpaired) electrons. The molecule has 0 saturated carbocycles. The number of anilines is 1. The highest BCUT2D eigenvalue weighted by Gasteiger charge is 2.20. The molecule has 98 valence electrons. The van der Waals surface area contributed by atoms with E-state index in [4.69, 9.17) is 0 Å². The molecule has 1 unspecified atom stereocenters. The molecule has 1 aromatic carbocycles. The largest absolute Gasteiger partial charge is 0.384 e. The number of fused-ring (bicyclic) bond motifs is 1. The first-order valence-corrected chi connectivity index (χ1v) is 6.28. The molecule has 1 aromatic heterocycles. The van der Waals surface area contributed by atoms with Gasteiger partial charge in [0.1, 0.15) is 11.9 Å². The number of likely N-dealkylation sites (N-methyl/N-ethyl adjacent to an activating group) is 1. The van der Waals surface area contributed by atoms with Crippen molar-refractivity contribution in [2.45, 2.75) is 12.5 Å². The Morgan fingerprint density at radius 2 is 2.21 bits per heavy atom. The molecule has 1 aliphatic heterocycles. The third-order valence-corrected chi connectivity index (χ3v) is 3.65. The van der Waals surface area contributed by atoms with Gasteiger partial charge in [0.2, 0.25) is 0 Å². The van der Waals surface area contributed by atoms with Crippen molar-refractivity contribution in [3.8, 4) is 0 Å². The van der Waals surface area contributed by atoms with Crippen LogP contribution in [0.1, 0.15) is 22.8 Å². The quantitative estimate of drug-likeness (QED) is 0.898. The highest BCUT2D eigenvalue weighted by atomic mass is 19.1. The number of pyridine rings is 1. The van der Waals surface area contributed by atoms with Crippen molar-refractivity contribution in [1.82, 2.24) is 4.98 Å². The second-order valence-corrected chi connectivity index (χ2v) is 4.86. The Labute approximate surface area is 111 Å². The van der Waals surface area contributed by atoms with Gasteiger partial charge in [-0.05, 0) is 29.7 Å². The van der Waals surface area contributed by atoms with E-state index >= 15 is 0 Å². The highest BCUT2D eigenvalue weighted by molar-refractivity contribution is 5.59. The van der Waals surface area contributed by atoms with E-state index in [0.717, 1.165) is 24.7 Å². The van der Waals surface area contributed by atoms with E-state index in [0.29, 0.717) is 0 Å². The lowest BCUT2D eigenvalue weighted by Crippen LogP contribution is -2.12. The van der Waals surface area contributed by atoms with Crippen LogP contribution in [0.2, 0.25) is 0 Å². The van der Waals surface area contributed by atoms with Crippen molar-refractivity contribution in [2.75, 3.05) is 18.5 Å². The smallest absolute Gasteiger partial charge is 0.147 e. The van der Waals surface area contributed by atoms with Gasteiger partial charge in [-0.15, -0.1) is 0 Å². The Morgan fingerprint density at radius 3 is 3.00 bits per heavy atom. The van der Waals surface area contributed by atoms with Crippen LogP contribution in [0.4, 0.5) is 10.1 Å². The number of aromatic nitrogens is 1. The van der Waals surface area contributed by atoms with Gasteiger partial charge in [0.15, 0.2) is 0 Å². The molecule has 3 nitrogen and oxygen atoms in total. The lowest BCUT2D eigenvalue weighted by atomic mass is 9.99. The Hall–Kier alpha value is -1.94. The third-order valence-electron chi connectivity index (χ3n) is 3.65. The minimum atomic E-state index is -0.945. The second kappa shape index (κ2) is 4.63. The maximum atomic E-state index is 13.6. The fourth-order valence-electron chi connectivity index (χ4n) is 2.54. The SMILES string of the molecule is CN1CCc2cc(C(O)c3ccncc3F)ccc21. The third kappa shape index (κ3) is 2.08. The van der Waals surface area contributed by atoms with E-state index in [1.54, 1.807) is 0 Å². The summed E-state index contributed by atoms with van der Waals surface area (Å²) in [5.74, 6) is -0.479. The van der Waals surface area contributed by atoms with Gasteiger partial charge in [-0.3, -0.25) is 4.98 Å². The lowest BCUT2D eigenvalue weighted by molar-refractivity contribution is 0.214. The number of rotatable bonds is 2. The van der Waals surface area contributed by atoms with E-state index in [9.17, 15) is 9.50 Å². The van der Waals surface area contributed by atoms with Crippen LogP contribution in [-0.4, -0.2) is 23.7 Å². The zero-order valence-electron chi connectivity index (χ0n) is 10.7. The first-order chi connectivity index (χ1) is 9.16. The number of nitrogens with zero attached hydrogens (tertiary/aromatic N) is 2. The summed E-state index contributed by atoms with van der Waals surface area (Å²) >= 11 is 0. The molecule has 3 rings (SSSR count). The monoisotopic (exact) mass is 258 g/mol. The van der Waals surface area contributed by atoms with E-state index in [1.807, 2.05) is 25.2 Å². The minimum Gasteiger partial charge on any atom is -0.384 e. The number of aliphatic hydroxyl groups excluding tert-OH is 1. The Kier molecular flexibility index (Phi) is 2.95. The number of halogens is 1. The molecule has 1 N–H and O–H groups in total. The fraction of sp³-hybridized carbons (Fsp3) is 0.267. The summed E-state index contributed by atoms with van der Waals surface area (Å²) in [4.78, 5) is 5.88. The molecule has 19 heavy (non-hydrogen) atoms. The number of hydrogen-bond acceptors (Lipinski definition) is 3. The van der Waals surface area contributed by atoms with Gasteiger partial charge in [-0.2, -0.15) is 0 Å². The zero-order valence-corrected chi connectivity index (χ0v) is 10.7. The molecule has 0 aliphatic carbocycles. The van der Waals surface area contributed by atoms with Crippen LogP contribution in [-0.2, 0) is 6.42 Å². The van der Waals surface area contributed by atoms with E-state index < -0.39 is 11.9 Å². The topological polar surface area (TPSA) is 36.4 Å². The standard InChI is InChI=1S/C15H15FN2O/c1-18-7-5-10-8-11(2-3-14(10)18)15(19)12-4-6-17-9-13(12)16/h2-4,6,8-9,15,19H,5,7H2,1H3. The van der Waals surface area contributed by atoms with Gasteiger partial charge in [-0.1, -0.05) is 12.1 Å². The van der Waals surface area contributed by atoms with Crippen molar-refractivity contribution < 1.29 is 9.50 Å². The van der Waals surface area contributed by atoms with Crippen LogP contribution < -0.4 is 4.90 Å². The van der Waals surface area contributed by atoms with Crippen LogP contribution in [0.3, 0.4) is 0 Å². The van der Waals surface area contributed by atoms with Gasteiger partial charge < -0.3 is 10.0 Å². The maximum Gasteiger partial charge on any atom is 0.147 e.